The molecular formula is C13H19NO5. The van der Waals surface area contributed by atoms with E-state index in [9.17, 15) is 9.90 Å². The van der Waals surface area contributed by atoms with Crippen LogP contribution in [0.2, 0.25) is 0 Å². The zero-order chi connectivity index (χ0) is 14.3. The van der Waals surface area contributed by atoms with Crippen molar-refractivity contribution in [3.63, 3.8) is 0 Å². The maximum Gasteiger partial charge on any atom is 0.337 e. The monoisotopic (exact) mass is 269 g/mol. The first-order chi connectivity index (χ1) is 9.08. The molecule has 19 heavy (non-hydrogen) atoms. The zero-order valence-corrected chi connectivity index (χ0v) is 11.0. The highest BCUT2D eigenvalue weighted by atomic mass is 16.5. The van der Waals surface area contributed by atoms with Crippen LogP contribution in [0.5, 0.6) is 5.75 Å². The first kappa shape index (κ1) is 15.3. The molecule has 0 spiro atoms. The van der Waals surface area contributed by atoms with Crippen molar-refractivity contribution >= 4 is 11.7 Å². The molecule has 0 saturated carbocycles. The Morgan fingerprint density at radius 3 is 2.74 bits per heavy atom. The van der Waals surface area contributed by atoms with Gasteiger partial charge in [-0.3, -0.25) is 0 Å². The standard InChI is InChI=1S/C13H19NO5/c1-18-8-9(15)5-6-14-12-7-10(19-2)3-4-11(12)13(16)17/h3-4,7,9,14-15H,5-6,8H2,1-2H3,(H,16,17). The molecule has 0 heterocycles. The lowest BCUT2D eigenvalue weighted by Crippen LogP contribution is -2.19. The average Bonchev–Trinajstić information content (AvgIpc) is 2.38. The van der Waals surface area contributed by atoms with Crippen LogP contribution in [-0.4, -0.2) is 49.7 Å². The second-order valence-electron chi connectivity index (χ2n) is 4.04. The van der Waals surface area contributed by atoms with E-state index in [2.05, 4.69) is 5.32 Å². The maximum absolute atomic E-state index is 11.1. The predicted octanol–water partition coefficient (Wildman–Crippen LogP) is 1.20. The number of anilines is 1. The van der Waals surface area contributed by atoms with Crippen LogP contribution in [-0.2, 0) is 4.74 Å². The molecule has 0 aromatic heterocycles. The van der Waals surface area contributed by atoms with E-state index >= 15 is 0 Å². The van der Waals surface area contributed by atoms with Gasteiger partial charge in [0.15, 0.2) is 0 Å². The van der Waals surface area contributed by atoms with Crippen LogP contribution in [0.3, 0.4) is 0 Å². The summed E-state index contributed by atoms with van der Waals surface area (Å²) >= 11 is 0. The molecule has 0 aliphatic rings. The number of hydrogen-bond acceptors (Lipinski definition) is 5. The molecule has 0 aliphatic heterocycles. The van der Waals surface area contributed by atoms with Crippen LogP contribution in [0.1, 0.15) is 16.8 Å². The quantitative estimate of drug-likeness (QED) is 0.657. The lowest BCUT2D eigenvalue weighted by Gasteiger charge is -2.13. The van der Waals surface area contributed by atoms with Crippen molar-refractivity contribution in [1.29, 1.82) is 0 Å². The predicted molar refractivity (Wildman–Crippen MR) is 70.9 cm³/mol. The summed E-state index contributed by atoms with van der Waals surface area (Å²) in [5.74, 6) is -0.437. The van der Waals surface area contributed by atoms with Gasteiger partial charge in [-0.1, -0.05) is 0 Å². The highest BCUT2D eigenvalue weighted by Gasteiger charge is 2.11. The number of aliphatic hydroxyl groups is 1. The average molecular weight is 269 g/mol. The lowest BCUT2D eigenvalue weighted by molar-refractivity contribution is 0.0615. The SMILES string of the molecule is COCC(O)CCNc1cc(OC)ccc1C(=O)O. The number of hydrogen-bond donors (Lipinski definition) is 3. The number of aromatic carboxylic acids is 1. The highest BCUT2D eigenvalue weighted by molar-refractivity contribution is 5.94. The molecule has 1 aromatic rings. The van der Waals surface area contributed by atoms with Crippen molar-refractivity contribution in [2.24, 2.45) is 0 Å². The number of carboxylic acids is 1. The third-order valence-electron chi connectivity index (χ3n) is 2.61. The van der Waals surface area contributed by atoms with Crippen LogP contribution >= 0.6 is 0 Å². The van der Waals surface area contributed by atoms with Gasteiger partial charge in [-0.2, -0.15) is 0 Å². The van der Waals surface area contributed by atoms with Gasteiger partial charge < -0.3 is 25.0 Å². The number of ether oxygens (including phenoxy) is 2. The molecular weight excluding hydrogens is 250 g/mol. The van der Waals surface area contributed by atoms with Gasteiger partial charge >= 0.3 is 5.97 Å². The summed E-state index contributed by atoms with van der Waals surface area (Å²) in [6.45, 7) is 0.698. The third-order valence-corrected chi connectivity index (χ3v) is 2.61. The summed E-state index contributed by atoms with van der Waals surface area (Å²) in [5.41, 5.74) is 0.637. The fraction of sp³-hybridized carbons (Fsp3) is 0.462. The van der Waals surface area contributed by atoms with E-state index in [4.69, 9.17) is 14.6 Å². The van der Waals surface area contributed by atoms with Gasteiger partial charge in [-0.15, -0.1) is 0 Å². The van der Waals surface area contributed by atoms with Crippen molar-refractivity contribution in [3.8, 4) is 5.75 Å². The van der Waals surface area contributed by atoms with Crippen molar-refractivity contribution in [2.75, 3.05) is 32.7 Å². The normalized spacial score (nSPS) is 11.9. The zero-order valence-electron chi connectivity index (χ0n) is 11.0. The topological polar surface area (TPSA) is 88.0 Å². The summed E-state index contributed by atoms with van der Waals surface area (Å²) in [6, 6.07) is 4.69. The molecule has 6 nitrogen and oxygen atoms in total. The summed E-state index contributed by atoms with van der Waals surface area (Å²) in [5, 5.41) is 21.6. The Morgan fingerprint density at radius 2 is 2.16 bits per heavy atom. The molecule has 3 N–H and O–H groups in total. The van der Waals surface area contributed by atoms with Crippen molar-refractivity contribution in [1.82, 2.24) is 0 Å². The summed E-state index contributed by atoms with van der Waals surface area (Å²) in [7, 11) is 3.03. The fourth-order valence-electron chi connectivity index (χ4n) is 1.63. The molecule has 1 rings (SSSR count). The number of aliphatic hydroxyl groups excluding tert-OH is 1. The molecule has 0 bridgehead atoms. The number of benzene rings is 1. The molecule has 0 saturated heterocycles. The molecule has 0 fully saturated rings. The largest absolute Gasteiger partial charge is 0.497 e. The van der Waals surface area contributed by atoms with Gasteiger partial charge in [0.2, 0.25) is 0 Å². The molecule has 1 unspecified atom stereocenters. The number of carboxylic acid groups (broad SMARTS) is 1. The molecule has 0 radical (unpaired) electrons. The number of methoxy groups -OCH3 is 2. The van der Waals surface area contributed by atoms with Crippen molar-refractivity contribution < 1.29 is 24.5 Å². The van der Waals surface area contributed by atoms with Crippen LogP contribution in [0, 0.1) is 0 Å². The van der Waals surface area contributed by atoms with Gasteiger partial charge in [-0.05, 0) is 18.6 Å². The van der Waals surface area contributed by atoms with E-state index in [1.54, 1.807) is 12.1 Å². The van der Waals surface area contributed by atoms with Gasteiger partial charge in [0.1, 0.15) is 5.75 Å². The third kappa shape index (κ3) is 4.76. The van der Waals surface area contributed by atoms with E-state index in [-0.39, 0.29) is 12.2 Å². The molecule has 0 amide bonds. The van der Waals surface area contributed by atoms with Crippen molar-refractivity contribution in [2.45, 2.75) is 12.5 Å². The molecule has 1 aromatic carbocycles. The first-order valence-corrected chi connectivity index (χ1v) is 5.90. The number of nitrogens with one attached hydrogen (secondary N) is 1. The van der Waals surface area contributed by atoms with E-state index < -0.39 is 12.1 Å². The Balaban J connectivity index is 2.67. The lowest BCUT2D eigenvalue weighted by atomic mass is 10.1. The summed E-state index contributed by atoms with van der Waals surface area (Å²) < 4.78 is 9.87. The fourth-order valence-corrected chi connectivity index (χ4v) is 1.63. The van der Waals surface area contributed by atoms with Crippen LogP contribution in [0.15, 0.2) is 18.2 Å². The minimum Gasteiger partial charge on any atom is -0.497 e. The summed E-state index contributed by atoms with van der Waals surface area (Å²) in [6.07, 6.45) is -0.110. The van der Waals surface area contributed by atoms with Crippen LogP contribution in [0.4, 0.5) is 5.69 Å². The Morgan fingerprint density at radius 1 is 1.42 bits per heavy atom. The highest BCUT2D eigenvalue weighted by Crippen LogP contribution is 2.22. The van der Waals surface area contributed by atoms with Gasteiger partial charge in [-0.25, -0.2) is 4.79 Å². The van der Waals surface area contributed by atoms with Gasteiger partial charge in [0.25, 0.3) is 0 Å². The van der Waals surface area contributed by atoms with Crippen molar-refractivity contribution in [3.05, 3.63) is 23.8 Å². The summed E-state index contributed by atoms with van der Waals surface area (Å²) in [4.78, 5) is 11.1. The Kier molecular flexibility index (Phi) is 6.11. The van der Waals surface area contributed by atoms with Crippen LogP contribution < -0.4 is 10.1 Å². The van der Waals surface area contributed by atoms with Gasteiger partial charge in [0.05, 0.1) is 31.1 Å². The van der Waals surface area contributed by atoms with E-state index in [0.29, 0.717) is 24.4 Å². The minimum absolute atomic E-state index is 0.169. The second-order valence-corrected chi connectivity index (χ2v) is 4.04. The van der Waals surface area contributed by atoms with Crippen LogP contribution in [0.25, 0.3) is 0 Å². The smallest absolute Gasteiger partial charge is 0.337 e. The Bertz CT molecular complexity index is 421. The second kappa shape index (κ2) is 7.60. The van der Waals surface area contributed by atoms with E-state index in [1.165, 1.54) is 20.3 Å². The van der Waals surface area contributed by atoms with Gasteiger partial charge in [0, 0.05) is 19.7 Å². The molecule has 6 heteroatoms. The molecule has 106 valence electrons. The first-order valence-electron chi connectivity index (χ1n) is 5.90. The molecule has 0 aliphatic carbocycles. The number of carbonyl (C=O) groups is 1. The Hall–Kier alpha value is -1.79. The van der Waals surface area contributed by atoms with E-state index in [0.717, 1.165) is 0 Å². The number of rotatable bonds is 8. The molecule has 1 atom stereocenters. The van der Waals surface area contributed by atoms with E-state index in [1.807, 2.05) is 0 Å². The Labute approximate surface area is 112 Å². The maximum atomic E-state index is 11.1. The minimum atomic E-state index is -1.01.